The molecule has 114 valence electrons. The largest absolute Gasteiger partial charge is 0.495 e. The number of carbonyl (C=O) groups excluding carboxylic acids is 1. The average molecular weight is 299 g/mol. The van der Waals surface area contributed by atoms with E-state index in [1.165, 1.54) is 7.11 Å². The van der Waals surface area contributed by atoms with Crippen molar-refractivity contribution in [1.29, 1.82) is 0 Å². The summed E-state index contributed by atoms with van der Waals surface area (Å²) in [5, 5.41) is 12.0. The third-order valence-electron chi connectivity index (χ3n) is 3.27. The molecule has 0 aliphatic carbocycles. The van der Waals surface area contributed by atoms with Crippen molar-refractivity contribution in [3.05, 3.63) is 60.2 Å². The van der Waals surface area contributed by atoms with E-state index >= 15 is 0 Å². The Kier molecular flexibility index (Phi) is 5.14. The molecule has 1 atom stereocenters. The third-order valence-corrected chi connectivity index (χ3v) is 3.27. The van der Waals surface area contributed by atoms with Gasteiger partial charge in [0.25, 0.3) is 0 Å². The van der Waals surface area contributed by atoms with Gasteiger partial charge in [0.05, 0.1) is 18.7 Å². The standard InChI is InChI=1S/C17H17NO4/c1-22-15-10-6-5-9-14(15)18-16(19)11-13(17(20)21)12-7-3-2-4-8-12/h2-10,13H,11H2,1H3,(H,18,19)(H,20,21). The second kappa shape index (κ2) is 7.26. The minimum absolute atomic E-state index is 0.141. The van der Waals surface area contributed by atoms with Crippen LogP contribution in [0.4, 0.5) is 5.69 Å². The van der Waals surface area contributed by atoms with E-state index in [2.05, 4.69) is 5.32 Å². The van der Waals surface area contributed by atoms with Gasteiger partial charge in [0, 0.05) is 6.42 Å². The van der Waals surface area contributed by atoms with Crippen molar-refractivity contribution in [1.82, 2.24) is 0 Å². The number of anilines is 1. The summed E-state index contributed by atoms with van der Waals surface area (Å²) in [6, 6.07) is 15.7. The maximum atomic E-state index is 12.1. The molecule has 1 unspecified atom stereocenters. The summed E-state index contributed by atoms with van der Waals surface area (Å²) in [7, 11) is 1.51. The number of aliphatic carboxylic acids is 1. The van der Waals surface area contributed by atoms with Crippen LogP contribution >= 0.6 is 0 Å². The van der Waals surface area contributed by atoms with Crippen LogP contribution < -0.4 is 10.1 Å². The van der Waals surface area contributed by atoms with Crippen molar-refractivity contribution in [3.63, 3.8) is 0 Å². The Labute approximate surface area is 128 Å². The van der Waals surface area contributed by atoms with E-state index < -0.39 is 11.9 Å². The molecule has 5 heteroatoms. The molecule has 2 rings (SSSR count). The van der Waals surface area contributed by atoms with Crippen LogP contribution in [-0.4, -0.2) is 24.1 Å². The van der Waals surface area contributed by atoms with Crippen LogP contribution in [0.2, 0.25) is 0 Å². The highest BCUT2D eigenvalue weighted by Gasteiger charge is 2.23. The van der Waals surface area contributed by atoms with Crippen LogP contribution in [0.5, 0.6) is 5.75 Å². The molecule has 2 N–H and O–H groups in total. The van der Waals surface area contributed by atoms with Crippen molar-refractivity contribution >= 4 is 17.6 Å². The SMILES string of the molecule is COc1ccccc1NC(=O)CC(C(=O)O)c1ccccc1. The van der Waals surface area contributed by atoms with Gasteiger partial charge in [0.15, 0.2) is 0 Å². The van der Waals surface area contributed by atoms with E-state index in [1.807, 2.05) is 0 Å². The van der Waals surface area contributed by atoms with Gasteiger partial charge in [-0.05, 0) is 17.7 Å². The molecule has 0 spiro atoms. The van der Waals surface area contributed by atoms with Gasteiger partial charge < -0.3 is 15.2 Å². The number of nitrogens with one attached hydrogen (secondary N) is 1. The molecule has 0 aromatic heterocycles. The van der Waals surface area contributed by atoms with Crippen LogP contribution in [0, 0.1) is 0 Å². The van der Waals surface area contributed by atoms with Crippen molar-refractivity contribution in [3.8, 4) is 5.75 Å². The average Bonchev–Trinajstić information content (AvgIpc) is 2.53. The molecule has 0 aliphatic rings. The number of carboxylic acid groups (broad SMARTS) is 1. The van der Waals surface area contributed by atoms with Gasteiger partial charge in [-0.1, -0.05) is 42.5 Å². The highest BCUT2D eigenvalue weighted by atomic mass is 16.5. The van der Waals surface area contributed by atoms with Gasteiger partial charge in [-0.2, -0.15) is 0 Å². The molecule has 2 aromatic carbocycles. The van der Waals surface area contributed by atoms with Crippen LogP contribution in [0.15, 0.2) is 54.6 Å². The molecule has 0 heterocycles. The maximum Gasteiger partial charge on any atom is 0.311 e. The predicted octanol–water partition coefficient (Wildman–Crippen LogP) is 2.89. The van der Waals surface area contributed by atoms with Crippen molar-refractivity contribution in [2.45, 2.75) is 12.3 Å². The topological polar surface area (TPSA) is 75.6 Å². The van der Waals surface area contributed by atoms with Crippen LogP contribution in [0.1, 0.15) is 17.9 Å². The van der Waals surface area contributed by atoms with Gasteiger partial charge in [-0.15, -0.1) is 0 Å². The first-order valence-electron chi connectivity index (χ1n) is 6.82. The number of methoxy groups -OCH3 is 1. The highest BCUT2D eigenvalue weighted by Crippen LogP contribution is 2.25. The lowest BCUT2D eigenvalue weighted by molar-refractivity contribution is -0.140. The molecule has 0 aliphatic heterocycles. The van der Waals surface area contributed by atoms with E-state index in [0.29, 0.717) is 17.0 Å². The number of para-hydroxylation sites is 2. The van der Waals surface area contributed by atoms with Crippen molar-refractivity contribution in [2.24, 2.45) is 0 Å². The first-order valence-corrected chi connectivity index (χ1v) is 6.82. The molecule has 1 amide bonds. The zero-order valence-corrected chi connectivity index (χ0v) is 12.2. The van der Waals surface area contributed by atoms with Gasteiger partial charge in [0.2, 0.25) is 5.91 Å². The number of carboxylic acids is 1. The van der Waals surface area contributed by atoms with Crippen LogP contribution in [0.3, 0.4) is 0 Å². The highest BCUT2D eigenvalue weighted by molar-refractivity contribution is 5.95. The molecule has 2 aromatic rings. The molecule has 0 saturated heterocycles. The summed E-state index contributed by atoms with van der Waals surface area (Å²) in [6.07, 6.45) is -0.141. The predicted molar refractivity (Wildman–Crippen MR) is 83.1 cm³/mol. The number of benzene rings is 2. The number of hydrogen-bond acceptors (Lipinski definition) is 3. The van der Waals surface area contributed by atoms with E-state index in [4.69, 9.17) is 4.74 Å². The zero-order chi connectivity index (χ0) is 15.9. The zero-order valence-electron chi connectivity index (χ0n) is 12.2. The quantitative estimate of drug-likeness (QED) is 0.860. The molecule has 22 heavy (non-hydrogen) atoms. The summed E-state index contributed by atoms with van der Waals surface area (Å²) < 4.78 is 5.15. The number of amides is 1. The summed E-state index contributed by atoms with van der Waals surface area (Å²) >= 11 is 0. The Morgan fingerprint density at radius 3 is 2.36 bits per heavy atom. The summed E-state index contributed by atoms with van der Waals surface area (Å²) in [4.78, 5) is 23.5. The number of hydrogen-bond donors (Lipinski definition) is 2. The third kappa shape index (κ3) is 3.85. The second-order valence-corrected chi connectivity index (χ2v) is 4.75. The lowest BCUT2D eigenvalue weighted by Crippen LogP contribution is -2.21. The summed E-state index contributed by atoms with van der Waals surface area (Å²) in [6.45, 7) is 0. The van der Waals surface area contributed by atoms with Crippen LogP contribution in [-0.2, 0) is 9.59 Å². The van der Waals surface area contributed by atoms with Gasteiger partial charge in [-0.3, -0.25) is 9.59 Å². The Hall–Kier alpha value is -2.82. The lowest BCUT2D eigenvalue weighted by atomic mass is 9.95. The van der Waals surface area contributed by atoms with Gasteiger partial charge in [0.1, 0.15) is 5.75 Å². The molecule has 5 nitrogen and oxygen atoms in total. The number of rotatable bonds is 6. The second-order valence-electron chi connectivity index (χ2n) is 4.75. The fourth-order valence-electron chi connectivity index (χ4n) is 2.17. The minimum atomic E-state index is -1.03. The van der Waals surface area contributed by atoms with Gasteiger partial charge >= 0.3 is 5.97 Å². The Morgan fingerprint density at radius 1 is 1.09 bits per heavy atom. The molecule has 0 bridgehead atoms. The monoisotopic (exact) mass is 299 g/mol. The molecular weight excluding hydrogens is 282 g/mol. The molecule has 0 saturated carbocycles. The smallest absolute Gasteiger partial charge is 0.311 e. The minimum Gasteiger partial charge on any atom is -0.495 e. The summed E-state index contributed by atoms with van der Waals surface area (Å²) in [5.41, 5.74) is 1.12. The Bertz CT molecular complexity index is 655. The fourth-order valence-corrected chi connectivity index (χ4v) is 2.17. The lowest BCUT2D eigenvalue weighted by Gasteiger charge is -2.14. The normalized spacial score (nSPS) is 11.5. The first kappa shape index (κ1) is 15.6. The van der Waals surface area contributed by atoms with E-state index in [1.54, 1.807) is 54.6 Å². The van der Waals surface area contributed by atoms with Crippen LogP contribution in [0.25, 0.3) is 0 Å². The summed E-state index contributed by atoms with van der Waals surface area (Å²) in [5.74, 6) is -1.75. The molecule has 0 radical (unpaired) electrons. The van der Waals surface area contributed by atoms with E-state index in [-0.39, 0.29) is 12.3 Å². The van der Waals surface area contributed by atoms with E-state index in [9.17, 15) is 14.7 Å². The fraction of sp³-hybridized carbons (Fsp3) is 0.176. The van der Waals surface area contributed by atoms with Gasteiger partial charge in [-0.25, -0.2) is 0 Å². The number of carbonyl (C=O) groups is 2. The molecule has 0 fully saturated rings. The Balaban J connectivity index is 2.11. The maximum absolute atomic E-state index is 12.1. The number of ether oxygens (including phenoxy) is 1. The molecular formula is C17H17NO4. The van der Waals surface area contributed by atoms with E-state index in [0.717, 1.165) is 0 Å². The van der Waals surface area contributed by atoms with Crippen molar-refractivity contribution in [2.75, 3.05) is 12.4 Å². The van der Waals surface area contributed by atoms with Crippen molar-refractivity contribution < 1.29 is 19.4 Å². The first-order chi connectivity index (χ1) is 10.6. The Morgan fingerprint density at radius 2 is 1.73 bits per heavy atom.